The summed E-state index contributed by atoms with van der Waals surface area (Å²) in [6.07, 6.45) is 0. The van der Waals surface area contributed by atoms with Crippen molar-refractivity contribution in [2.45, 2.75) is 12.2 Å². The van der Waals surface area contributed by atoms with Crippen molar-refractivity contribution in [3.8, 4) is 5.75 Å². The maximum absolute atomic E-state index is 9.02. The summed E-state index contributed by atoms with van der Waals surface area (Å²) in [5.41, 5.74) is 1.33. The lowest BCUT2D eigenvalue weighted by atomic mass is 9.96. The standard InChI is InChI=1S/C18H22N2O4/c1-22-18(12-23-13-18)16-9-15(10-17(20-16)19-7-8-21)24-11-14-5-3-2-4-6-14/h2-6,9-10,21H,7-8,11-13H2,1H3,(H,19,20). The molecule has 0 radical (unpaired) electrons. The Labute approximate surface area is 141 Å². The SMILES string of the molecule is COC1(c2cc(OCc3ccccc3)cc(NCCO)n2)COC1. The molecule has 0 aliphatic carbocycles. The van der Waals surface area contributed by atoms with Gasteiger partial charge in [0, 0.05) is 25.8 Å². The molecule has 1 aliphatic heterocycles. The molecule has 1 aromatic carbocycles. The Kier molecular flexibility index (Phi) is 5.30. The van der Waals surface area contributed by atoms with E-state index in [0.29, 0.717) is 37.9 Å². The molecule has 6 nitrogen and oxygen atoms in total. The van der Waals surface area contributed by atoms with E-state index in [1.807, 2.05) is 42.5 Å². The molecular weight excluding hydrogens is 308 g/mol. The second-order valence-electron chi connectivity index (χ2n) is 5.69. The molecular formula is C18H22N2O4. The summed E-state index contributed by atoms with van der Waals surface area (Å²) in [4.78, 5) is 4.58. The number of aromatic nitrogens is 1. The minimum absolute atomic E-state index is 0.0324. The molecule has 1 fully saturated rings. The molecule has 2 N–H and O–H groups in total. The first-order valence-electron chi connectivity index (χ1n) is 7.93. The fourth-order valence-electron chi connectivity index (χ4n) is 2.50. The molecule has 0 amide bonds. The Morgan fingerprint density at radius 2 is 2.04 bits per heavy atom. The van der Waals surface area contributed by atoms with Crippen molar-refractivity contribution in [2.24, 2.45) is 0 Å². The molecule has 24 heavy (non-hydrogen) atoms. The number of ether oxygens (including phenoxy) is 3. The van der Waals surface area contributed by atoms with Crippen LogP contribution in [0.1, 0.15) is 11.3 Å². The quantitative estimate of drug-likeness (QED) is 0.771. The zero-order valence-corrected chi connectivity index (χ0v) is 13.7. The number of nitrogens with zero attached hydrogens (tertiary/aromatic N) is 1. The van der Waals surface area contributed by atoms with Gasteiger partial charge in [-0.15, -0.1) is 0 Å². The number of nitrogens with one attached hydrogen (secondary N) is 1. The first-order chi connectivity index (χ1) is 11.8. The van der Waals surface area contributed by atoms with Gasteiger partial charge in [0.1, 0.15) is 18.2 Å². The second kappa shape index (κ2) is 7.61. The van der Waals surface area contributed by atoms with Gasteiger partial charge in [0.15, 0.2) is 5.60 Å². The molecule has 2 heterocycles. The minimum atomic E-state index is -0.526. The molecule has 1 saturated heterocycles. The highest BCUT2D eigenvalue weighted by molar-refractivity contribution is 5.44. The zero-order chi connectivity index (χ0) is 16.8. The van der Waals surface area contributed by atoms with Gasteiger partial charge in [-0.3, -0.25) is 0 Å². The number of pyridine rings is 1. The summed E-state index contributed by atoms with van der Waals surface area (Å²) in [6, 6.07) is 13.7. The minimum Gasteiger partial charge on any atom is -0.489 e. The molecule has 1 aliphatic rings. The van der Waals surface area contributed by atoms with Gasteiger partial charge in [-0.2, -0.15) is 0 Å². The van der Waals surface area contributed by atoms with E-state index in [2.05, 4.69) is 10.3 Å². The molecule has 3 rings (SSSR count). The normalized spacial score (nSPS) is 15.6. The Hall–Kier alpha value is -2.15. The number of benzene rings is 1. The average molecular weight is 330 g/mol. The van der Waals surface area contributed by atoms with E-state index in [1.54, 1.807) is 7.11 Å². The first-order valence-corrected chi connectivity index (χ1v) is 7.93. The van der Waals surface area contributed by atoms with Crippen LogP contribution in [0.4, 0.5) is 5.82 Å². The molecule has 0 saturated carbocycles. The maximum atomic E-state index is 9.02. The van der Waals surface area contributed by atoms with Crippen LogP contribution in [-0.2, 0) is 21.7 Å². The topological polar surface area (TPSA) is 72.8 Å². The van der Waals surface area contributed by atoms with E-state index >= 15 is 0 Å². The number of hydrogen-bond acceptors (Lipinski definition) is 6. The van der Waals surface area contributed by atoms with Crippen LogP contribution in [0.15, 0.2) is 42.5 Å². The lowest BCUT2D eigenvalue weighted by molar-refractivity contribution is -0.204. The van der Waals surface area contributed by atoms with Gasteiger partial charge in [-0.1, -0.05) is 30.3 Å². The third-order valence-electron chi connectivity index (χ3n) is 3.99. The number of anilines is 1. The molecule has 6 heteroatoms. The molecule has 0 bridgehead atoms. The van der Waals surface area contributed by atoms with Gasteiger partial charge >= 0.3 is 0 Å². The van der Waals surface area contributed by atoms with E-state index in [-0.39, 0.29) is 6.61 Å². The van der Waals surface area contributed by atoms with E-state index < -0.39 is 5.60 Å². The van der Waals surface area contributed by atoms with E-state index in [1.165, 1.54) is 0 Å². The van der Waals surface area contributed by atoms with Gasteiger partial charge in [0.2, 0.25) is 0 Å². The molecule has 2 aromatic rings. The van der Waals surface area contributed by atoms with Crippen molar-refractivity contribution < 1.29 is 19.3 Å². The van der Waals surface area contributed by atoms with Gasteiger partial charge in [0.05, 0.1) is 25.5 Å². The predicted octanol–water partition coefficient (Wildman–Crippen LogP) is 1.94. The van der Waals surface area contributed by atoms with Gasteiger partial charge in [-0.05, 0) is 5.56 Å². The van der Waals surface area contributed by atoms with Crippen molar-refractivity contribution in [2.75, 3.05) is 38.8 Å². The number of aliphatic hydroxyl groups excluding tert-OH is 1. The fourth-order valence-corrected chi connectivity index (χ4v) is 2.50. The van der Waals surface area contributed by atoms with Gasteiger partial charge in [-0.25, -0.2) is 4.98 Å². The summed E-state index contributed by atoms with van der Waals surface area (Å²) >= 11 is 0. The Balaban J connectivity index is 1.81. The summed E-state index contributed by atoms with van der Waals surface area (Å²) in [7, 11) is 1.66. The number of aliphatic hydroxyl groups is 1. The summed E-state index contributed by atoms with van der Waals surface area (Å²) in [6.45, 7) is 1.87. The lowest BCUT2D eigenvalue weighted by Gasteiger charge is -2.39. The van der Waals surface area contributed by atoms with Crippen LogP contribution in [0.3, 0.4) is 0 Å². The molecule has 0 unspecified atom stereocenters. The Morgan fingerprint density at radius 3 is 2.67 bits per heavy atom. The maximum Gasteiger partial charge on any atom is 0.156 e. The third-order valence-corrected chi connectivity index (χ3v) is 3.99. The monoisotopic (exact) mass is 330 g/mol. The Morgan fingerprint density at radius 1 is 1.25 bits per heavy atom. The summed E-state index contributed by atoms with van der Waals surface area (Å²) in [5, 5.41) is 12.1. The zero-order valence-electron chi connectivity index (χ0n) is 13.7. The van der Waals surface area contributed by atoms with Crippen LogP contribution >= 0.6 is 0 Å². The molecule has 0 atom stereocenters. The predicted molar refractivity (Wildman–Crippen MR) is 90.1 cm³/mol. The average Bonchev–Trinajstić information content (AvgIpc) is 2.59. The number of hydrogen-bond donors (Lipinski definition) is 2. The third kappa shape index (κ3) is 3.67. The van der Waals surface area contributed by atoms with Crippen molar-refractivity contribution in [3.05, 3.63) is 53.7 Å². The highest BCUT2D eigenvalue weighted by Crippen LogP contribution is 2.34. The molecule has 1 aromatic heterocycles. The van der Waals surface area contributed by atoms with Gasteiger partial charge < -0.3 is 24.6 Å². The summed E-state index contributed by atoms with van der Waals surface area (Å²) < 4.78 is 16.8. The van der Waals surface area contributed by atoms with Crippen LogP contribution < -0.4 is 10.1 Å². The van der Waals surface area contributed by atoms with E-state index in [0.717, 1.165) is 11.3 Å². The Bertz CT molecular complexity index is 654. The van der Waals surface area contributed by atoms with Crippen molar-refractivity contribution in [1.29, 1.82) is 0 Å². The highest BCUT2D eigenvalue weighted by atomic mass is 16.6. The molecule has 0 spiro atoms. The number of rotatable bonds is 8. The fraction of sp³-hybridized carbons (Fsp3) is 0.389. The second-order valence-corrected chi connectivity index (χ2v) is 5.69. The van der Waals surface area contributed by atoms with Crippen molar-refractivity contribution in [3.63, 3.8) is 0 Å². The molecule has 128 valence electrons. The van der Waals surface area contributed by atoms with Crippen molar-refractivity contribution in [1.82, 2.24) is 4.98 Å². The highest BCUT2D eigenvalue weighted by Gasteiger charge is 2.42. The number of methoxy groups -OCH3 is 1. The van der Waals surface area contributed by atoms with Crippen LogP contribution in [0, 0.1) is 0 Å². The summed E-state index contributed by atoms with van der Waals surface area (Å²) in [5.74, 6) is 1.35. The van der Waals surface area contributed by atoms with Gasteiger partial charge in [0.25, 0.3) is 0 Å². The van der Waals surface area contributed by atoms with Crippen LogP contribution in [0.5, 0.6) is 5.75 Å². The van der Waals surface area contributed by atoms with Crippen molar-refractivity contribution >= 4 is 5.82 Å². The largest absolute Gasteiger partial charge is 0.489 e. The van der Waals surface area contributed by atoms with Crippen LogP contribution in [0.25, 0.3) is 0 Å². The van der Waals surface area contributed by atoms with E-state index in [4.69, 9.17) is 19.3 Å². The van der Waals surface area contributed by atoms with Crippen LogP contribution in [0.2, 0.25) is 0 Å². The van der Waals surface area contributed by atoms with Crippen LogP contribution in [-0.4, -0.2) is 43.6 Å². The first kappa shape index (κ1) is 16.7. The smallest absolute Gasteiger partial charge is 0.156 e. The van der Waals surface area contributed by atoms with E-state index in [9.17, 15) is 0 Å². The lowest BCUT2D eigenvalue weighted by Crippen LogP contribution is -2.49.